The van der Waals surface area contributed by atoms with Gasteiger partial charge in [-0.25, -0.2) is 0 Å². The lowest BCUT2D eigenvalue weighted by molar-refractivity contribution is -0.146. The van der Waals surface area contributed by atoms with Gasteiger partial charge in [-0.1, -0.05) is 41.4 Å². The Labute approximate surface area is 173 Å². The molecule has 0 unspecified atom stereocenters. The Balaban J connectivity index is 1.87. The number of nitrogens with one attached hydrogen (secondary N) is 1. The summed E-state index contributed by atoms with van der Waals surface area (Å²) in [5.41, 5.74) is 0.897. The summed E-state index contributed by atoms with van der Waals surface area (Å²) in [7, 11) is 0. The number of halogens is 2. The van der Waals surface area contributed by atoms with Crippen molar-refractivity contribution in [1.82, 2.24) is 5.32 Å². The predicted octanol–water partition coefficient (Wildman–Crippen LogP) is 3.71. The van der Waals surface area contributed by atoms with E-state index in [-0.39, 0.29) is 22.5 Å². The number of amides is 2. The number of nitrogens with zero attached hydrogens (tertiary/aromatic N) is 1. The highest BCUT2D eigenvalue weighted by atomic mass is 35.5. The first-order chi connectivity index (χ1) is 13.3. The van der Waals surface area contributed by atoms with E-state index >= 15 is 0 Å². The summed E-state index contributed by atoms with van der Waals surface area (Å²) in [5.74, 6) is -1.64. The molecule has 8 heteroatoms. The lowest BCUT2D eigenvalue weighted by Crippen LogP contribution is -2.40. The van der Waals surface area contributed by atoms with Crippen molar-refractivity contribution in [2.75, 3.05) is 18.1 Å². The molecule has 0 aliphatic heterocycles. The van der Waals surface area contributed by atoms with Crippen molar-refractivity contribution in [1.29, 1.82) is 0 Å². The summed E-state index contributed by atoms with van der Waals surface area (Å²) >= 11 is 11.7. The van der Waals surface area contributed by atoms with Crippen LogP contribution in [0.5, 0.6) is 0 Å². The normalized spacial score (nSPS) is 10.5. The topological polar surface area (TPSA) is 75.7 Å². The van der Waals surface area contributed by atoms with Crippen molar-refractivity contribution < 1.29 is 19.1 Å². The minimum atomic E-state index is -0.733. The molecule has 1 N–H and O–H groups in total. The van der Waals surface area contributed by atoms with Crippen molar-refractivity contribution in [3.63, 3.8) is 0 Å². The Bertz CT molecular complexity index is 857. The summed E-state index contributed by atoms with van der Waals surface area (Å²) in [6, 6.07) is 13.4. The van der Waals surface area contributed by atoms with E-state index in [0.717, 1.165) is 0 Å². The summed E-state index contributed by atoms with van der Waals surface area (Å²) in [6.07, 6.45) is 0. The van der Waals surface area contributed by atoms with E-state index in [2.05, 4.69) is 5.32 Å². The molecule has 0 bridgehead atoms. The van der Waals surface area contributed by atoms with E-state index in [1.807, 2.05) is 32.0 Å². The smallest absolute Gasteiger partial charge is 0.325 e. The molecule has 2 aromatic carbocycles. The van der Waals surface area contributed by atoms with Gasteiger partial charge in [0.2, 0.25) is 0 Å². The lowest BCUT2D eigenvalue weighted by Gasteiger charge is -2.26. The molecule has 6 nitrogen and oxygen atoms in total. The van der Waals surface area contributed by atoms with Crippen LogP contribution < -0.4 is 10.2 Å². The first-order valence-corrected chi connectivity index (χ1v) is 9.31. The molecule has 0 heterocycles. The van der Waals surface area contributed by atoms with E-state index in [9.17, 15) is 14.4 Å². The van der Waals surface area contributed by atoms with Crippen LogP contribution in [0.25, 0.3) is 0 Å². The van der Waals surface area contributed by atoms with Gasteiger partial charge in [0.1, 0.15) is 6.54 Å². The second-order valence-corrected chi connectivity index (χ2v) is 7.00. The molecule has 0 spiro atoms. The van der Waals surface area contributed by atoms with Crippen LogP contribution in [0, 0.1) is 0 Å². The molecule has 148 valence electrons. The highest BCUT2D eigenvalue weighted by molar-refractivity contribution is 6.36. The SMILES string of the molecule is CC(C)N(C(=O)COC(=O)CNC(=O)c1ccc(Cl)cc1Cl)c1ccccc1. The van der Waals surface area contributed by atoms with Crippen molar-refractivity contribution in [2.24, 2.45) is 0 Å². The van der Waals surface area contributed by atoms with Gasteiger partial charge in [-0.05, 0) is 44.2 Å². The maximum atomic E-state index is 12.5. The zero-order chi connectivity index (χ0) is 20.7. The fourth-order valence-electron chi connectivity index (χ4n) is 2.50. The van der Waals surface area contributed by atoms with Crippen LogP contribution in [0.15, 0.2) is 48.5 Å². The molecule has 0 aromatic heterocycles. The average Bonchev–Trinajstić information content (AvgIpc) is 2.65. The summed E-state index contributed by atoms with van der Waals surface area (Å²) in [4.78, 5) is 38.0. The number of hydrogen-bond donors (Lipinski definition) is 1. The van der Waals surface area contributed by atoms with Crippen molar-refractivity contribution in [3.05, 3.63) is 64.1 Å². The average molecular weight is 423 g/mol. The Hall–Kier alpha value is -2.57. The fourth-order valence-corrected chi connectivity index (χ4v) is 3.00. The number of carbonyl (C=O) groups excluding carboxylic acids is 3. The highest BCUT2D eigenvalue weighted by Crippen LogP contribution is 2.20. The van der Waals surface area contributed by atoms with Gasteiger partial charge in [0.25, 0.3) is 11.8 Å². The monoisotopic (exact) mass is 422 g/mol. The maximum Gasteiger partial charge on any atom is 0.325 e. The molecule has 2 amide bonds. The molecule has 0 radical (unpaired) electrons. The van der Waals surface area contributed by atoms with Crippen LogP contribution in [0.4, 0.5) is 5.69 Å². The van der Waals surface area contributed by atoms with Crippen LogP contribution in [-0.2, 0) is 14.3 Å². The first-order valence-electron chi connectivity index (χ1n) is 8.55. The second-order valence-electron chi connectivity index (χ2n) is 6.16. The standard InChI is InChI=1S/C20H20Cl2N2O4/c1-13(2)24(15-6-4-3-5-7-15)18(25)12-28-19(26)11-23-20(27)16-9-8-14(21)10-17(16)22/h3-10,13H,11-12H2,1-2H3,(H,23,27). The van der Waals surface area contributed by atoms with Gasteiger partial charge in [0.15, 0.2) is 6.61 Å². The van der Waals surface area contributed by atoms with E-state index in [4.69, 9.17) is 27.9 Å². The molecule has 28 heavy (non-hydrogen) atoms. The minimum Gasteiger partial charge on any atom is -0.454 e. The lowest BCUT2D eigenvalue weighted by atomic mass is 10.2. The quantitative estimate of drug-likeness (QED) is 0.689. The molecular formula is C20H20Cl2N2O4. The van der Waals surface area contributed by atoms with E-state index in [0.29, 0.717) is 10.7 Å². The molecule has 0 saturated heterocycles. The molecule has 0 aliphatic carbocycles. The third-order valence-corrected chi connectivity index (χ3v) is 4.29. The van der Waals surface area contributed by atoms with Gasteiger partial charge >= 0.3 is 5.97 Å². The van der Waals surface area contributed by atoms with Gasteiger partial charge in [-0.15, -0.1) is 0 Å². The summed E-state index contributed by atoms with van der Waals surface area (Å²) < 4.78 is 4.99. The van der Waals surface area contributed by atoms with Gasteiger partial charge in [-0.3, -0.25) is 14.4 Å². The Morgan fingerprint density at radius 3 is 2.36 bits per heavy atom. The van der Waals surface area contributed by atoms with Crippen molar-refractivity contribution in [2.45, 2.75) is 19.9 Å². The van der Waals surface area contributed by atoms with E-state index in [1.165, 1.54) is 18.2 Å². The fraction of sp³-hybridized carbons (Fsp3) is 0.250. The largest absolute Gasteiger partial charge is 0.454 e. The zero-order valence-corrected chi connectivity index (χ0v) is 17.0. The van der Waals surface area contributed by atoms with Crippen molar-refractivity contribution >= 4 is 46.7 Å². The van der Waals surface area contributed by atoms with Gasteiger partial charge in [0.05, 0.1) is 10.6 Å². The van der Waals surface area contributed by atoms with Crippen LogP contribution in [0.2, 0.25) is 10.0 Å². The number of benzene rings is 2. The van der Waals surface area contributed by atoms with Gasteiger partial charge < -0.3 is 15.0 Å². The number of ether oxygens (including phenoxy) is 1. The van der Waals surface area contributed by atoms with Crippen LogP contribution in [0.3, 0.4) is 0 Å². The summed E-state index contributed by atoms with van der Waals surface area (Å²) in [6.45, 7) is 2.91. The number of rotatable bonds is 7. The highest BCUT2D eigenvalue weighted by Gasteiger charge is 2.20. The van der Waals surface area contributed by atoms with Gasteiger partial charge in [0, 0.05) is 16.8 Å². The van der Waals surface area contributed by atoms with Crippen LogP contribution in [-0.4, -0.2) is 37.0 Å². The van der Waals surface area contributed by atoms with Crippen molar-refractivity contribution in [3.8, 4) is 0 Å². The minimum absolute atomic E-state index is 0.111. The number of para-hydroxylation sites is 1. The second kappa shape index (κ2) is 10.1. The van der Waals surface area contributed by atoms with E-state index < -0.39 is 25.0 Å². The first kappa shape index (κ1) is 21.7. The molecule has 0 saturated carbocycles. The van der Waals surface area contributed by atoms with Crippen LogP contribution in [0.1, 0.15) is 24.2 Å². The summed E-state index contributed by atoms with van der Waals surface area (Å²) in [5, 5.41) is 2.97. The molecule has 0 atom stereocenters. The predicted molar refractivity (Wildman–Crippen MR) is 109 cm³/mol. The number of carbonyl (C=O) groups is 3. The Morgan fingerprint density at radius 2 is 1.75 bits per heavy atom. The van der Waals surface area contributed by atoms with Crippen LogP contribution >= 0.6 is 23.2 Å². The number of hydrogen-bond acceptors (Lipinski definition) is 4. The zero-order valence-electron chi connectivity index (χ0n) is 15.4. The third-order valence-electron chi connectivity index (χ3n) is 3.75. The Kier molecular flexibility index (Phi) is 7.84. The third kappa shape index (κ3) is 5.97. The molecule has 2 aromatic rings. The number of anilines is 1. The molecular weight excluding hydrogens is 403 g/mol. The molecule has 0 fully saturated rings. The maximum absolute atomic E-state index is 12.5. The Morgan fingerprint density at radius 1 is 1.07 bits per heavy atom. The number of esters is 1. The molecule has 2 rings (SSSR count). The van der Waals surface area contributed by atoms with Gasteiger partial charge in [-0.2, -0.15) is 0 Å². The van der Waals surface area contributed by atoms with E-state index in [1.54, 1.807) is 17.0 Å². The molecule has 0 aliphatic rings.